The van der Waals surface area contributed by atoms with Crippen LogP contribution in [-0.4, -0.2) is 35.5 Å². The van der Waals surface area contributed by atoms with E-state index in [1.165, 1.54) is 11.3 Å². The normalized spacial score (nSPS) is 15.0. The summed E-state index contributed by atoms with van der Waals surface area (Å²) in [6, 6.07) is 17.6. The summed E-state index contributed by atoms with van der Waals surface area (Å²) in [7, 11) is 0. The Morgan fingerprint density at radius 1 is 1.07 bits per heavy atom. The number of fused-ring (bicyclic) bond motifs is 1. The number of thioether (sulfide) groups is 1. The van der Waals surface area contributed by atoms with Crippen LogP contribution in [0.5, 0.6) is 0 Å². The number of esters is 2. The van der Waals surface area contributed by atoms with Crippen molar-refractivity contribution < 1.29 is 23.5 Å². The monoisotopic (exact) mass is 602 g/mol. The van der Waals surface area contributed by atoms with E-state index in [0.29, 0.717) is 44.3 Å². The van der Waals surface area contributed by atoms with Crippen molar-refractivity contribution in [1.29, 1.82) is 0 Å². The summed E-state index contributed by atoms with van der Waals surface area (Å²) in [5.74, 6) is 0.199. The molecule has 0 saturated heterocycles. The zero-order chi connectivity index (χ0) is 30.0. The molecule has 0 radical (unpaired) electrons. The van der Waals surface area contributed by atoms with Gasteiger partial charge in [0, 0.05) is 16.5 Å². The third-order valence-electron chi connectivity index (χ3n) is 6.60. The van der Waals surface area contributed by atoms with E-state index in [2.05, 4.69) is 4.99 Å². The van der Waals surface area contributed by atoms with Crippen molar-refractivity contribution in [3.63, 3.8) is 0 Å². The summed E-state index contributed by atoms with van der Waals surface area (Å²) in [5.41, 5.74) is 2.60. The topological polar surface area (TPSA) is 100 Å². The lowest BCUT2D eigenvalue weighted by Crippen LogP contribution is -2.40. The van der Waals surface area contributed by atoms with Crippen LogP contribution in [0, 0.1) is 0 Å². The number of thiazole rings is 1. The van der Waals surface area contributed by atoms with Gasteiger partial charge in [0.25, 0.3) is 5.56 Å². The van der Waals surface area contributed by atoms with Crippen molar-refractivity contribution in [3.8, 4) is 11.3 Å². The second-order valence-corrected chi connectivity index (χ2v) is 11.7. The molecule has 3 heterocycles. The molecule has 1 aliphatic heterocycles. The van der Waals surface area contributed by atoms with E-state index >= 15 is 0 Å². The Labute approximate surface area is 251 Å². The van der Waals surface area contributed by atoms with Gasteiger partial charge in [-0.25, -0.2) is 14.6 Å². The van der Waals surface area contributed by atoms with E-state index in [4.69, 9.17) is 13.9 Å². The quantitative estimate of drug-likeness (QED) is 0.198. The van der Waals surface area contributed by atoms with Gasteiger partial charge >= 0.3 is 11.9 Å². The van der Waals surface area contributed by atoms with E-state index in [9.17, 15) is 14.4 Å². The lowest BCUT2D eigenvalue weighted by atomic mass is 9.96. The van der Waals surface area contributed by atoms with Gasteiger partial charge < -0.3 is 13.9 Å². The van der Waals surface area contributed by atoms with Gasteiger partial charge in [-0.05, 0) is 75.9 Å². The Morgan fingerprint density at radius 2 is 1.79 bits per heavy atom. The van der Waals surface area contributed by atoms with Gasteiger partial charge in [0.2, 0.25) is 0 Å². The first-order valence-corrected chi connectivity index (χ1v) is 15.5. The van der Waals surface area contributed by atoms with Crippen LogP contribution in [-0.2, 0) is 14.3 Å². The molecule has 10 heteroatoms. The standard InChI is InChI=1S/C32H30N2O6S2/c1-6-38-30(36)22-9-7-20(8-10-22)25-16-13-23(40-25)17-26-29(35)34-28(21-11-14-24(41-5)15-12-21)27(31(37)39-18(2)3)19(4)33-32(34)42-26/h7-18,28H,6H2,1-5H3/b26-17-/t28-/m1/s1. The number of rotatable bonds is 8. The highest BCUT2D eigenvalue weighted by atomic mass is 32.2. The van der Waals surface area contributed by atoms with Crippen LogP contribution in [0.15, 0.2) is 91.0 Å². The Hall–Kier alpha value is -4.15. The van der Waals surface area contributed by atoms with Crippen LogP contribution < -0.4 is 14.9 Å². The van der Waals surface area contributed by atoms with Gasteiger partial charge in [0.05, 0.1) is 40.1 Å². The molecule has 2 aromatic carbocycles. The highest BCUT2D eigenvalue weighted by Crippen LogP contribution is 2.32. The van der Waals surface area contributed by atoms with Crippen LogP contribution in [0.1, 0.15) is 55.4 Å². The zero-order valence-electron chi connectivity index (χ0n) is 23.9. The Morgan fingerprint density at radius 3 is 2.43 bits per heavy atom. The van der Waals surface area contributed by atoms with Crippen LogP contribution >= 0.6 is 23.1 Å². The van der Waals surface area contributed by atoms with Crippen LogP contribution in [0.4, 0.5) is 0 Å². The molecule has 8 nitrogen and oxygen atoms in total. The largest absolute Gasteiger partial charge is 0.462 e. The Balaban J connectivity index is 1.55. The van der Waals surface area contributed by atoms with Gasteiger partial charge in [-0.1, -0.05) is 35.6 Å². The molecule has 0 fully saturated rings. The molecule has 0 saturated carbocycles. The summed E-state index contributed by atoms with van der Waals surface area (Å²) in [5, 5.41) is 0. The fourth-order valence-electron chi connectivity index (χ4n) is 4.66. The summed E-state index contributed by atoms with van der Waals surface area (Å²) in [4.78, 5) is 45.3. The first-order chi connectivity index (χ1) is 20.2. The third-order valence-corrected chi connectivity index (χ3v) is 8.32. The van der Waals surface area contributed by atoms with Gasteiger partial charge in [0.1, 0.15) is 11.5 Å². The molecule has 0 unspecified atom stereocenters. The lowest BCUT2D eigenvalue weighted by molar-refractivity contribution is -0.143. The summed E-state index contributed by atoms with van der Waals surface area (Å²) in [6.45, 7) is 7.41. The van der Waals surface area contributed by atoms with Crippen molar-refractivity contribution in [1.82, 2.24) is 4.57 Å². The molecule has 42 heavy (non-hydrogen) atoms. The molecular weight excluding hydrogens is 572 g/mol. The van der Waals surface area contributed by atoms with Crippen molar-refractivity contribution in [2.24, 2.45) is 4.99 Å². The van der Waals surface area contributed by atoms with Crippen LogP contribution in [0.2, 0.25) is 0 Å². The number of hydrogen-bond donors (Lipinski definition) is 0. The molecule has 0 amide bonds. The van der Waals surface area contributed by atoms with E-state index in [1.54, 1.807) is 80.4 Å². The van der Waals surface area contributed by atoms with Gasteiger partial charge in [-0.3, -0.25) is 9.36 Å². The van der Waals surface area contributed by atoms with Crippen LogP contribution in [0.3, 0.4) is 0 Å². The maximum absolute atomic E-state index is 13.9. The smallest absolute Gasteiger partial charge is 0.338 e. The van der Waals surface area contributed by atoms with Gasteiger partial charge in [0.15, 0.2) is 4.80 Å². The predicted octanol–water partition coefficient (Wildman–Crippen LogP) is 5.35. The number of carbonyl (C=O) groups is 2. The SMILES string of the molecule is CCOC(=O)c1ccc(-c2ccc(/C=c3\sc4n(c3=O)[C@H](c3ccc(SC)cc3)C(C(=O)OC(C)C)=C(C)N=4)o2)cc1. The van der Waals surface area contributed by atoms with E-state index in [1.807, 2.05) is 36.6 Å². The first kappa shape index (κ1) is 29.3. The number of nitrogens with zero attached hydrogens (tertiary/aromatic N) is 2. The van der Waals surface area contributed by atoms with Crippen LogP contribution in [0.25, 0.3) is 17.4 Å². The maximum atomic E-state index is 13.9. The van der Waals surface area contributed by atoms with E-state index < -0.39 is 12.0 Å². The predicted molar refractivity (Wildman–Crippen MR) is 163 cm³/mol. The van der Waals surface area contributed by atoms with Crippen molar-refractivity contribution >= 4 is 41.1 Å². The number of furan rings is 1. The third kappa shape index (κ3) is 5.91. The molecule has 1 aliphatic rings. The summed E-state index contributed by atoms with van der Waals surface area (Å²) in [6.07, 6.45) is 3.35. The second-order valence-electron chi connectivity index (χ2n) is 9.81. The zero-order valence-corrected chi connectivity index (χ0v) is 25.5. The Kier molecular flexibility index (Phi) is 8.65. The first-order valence-electron chi connectivity index (χ1n) is 13.4. The minimum absolute atomic E-state index is 0.281. The molecule has 1 atom stereocenters. The average Bonchev–Trinajstić information content (AvgIpc) is 3.56. The summed E-state index contributed by atoms with van der Waals surface area (Å²) >= 11 is 2.85. The van der Waals surface area contributed by atoms with Crippen molar-refractivity contribution in [2.75, 3.05) is 12.9 Å². The molecule has 216 valence electrons. The highest BCUT2D eigenvalue weighted by Gasteiger charge is 2.33. The highest BCUT2D eigenvalue weighted by molar-refractivity contribution is 7.98. The molecule has 2 aromatic heterocycles. The van der Waals surface area contributed by atoms with Gasteiger partial charge in [-0.2, -0.15) is 0 Å². The molecule has 0 bridgehead atoms. The fourth-order valence-corrected chi connectivity index (χ4v) is 6.10. The minimum atomic E-state index is -0.685. The molecule has 4 aromatic rings. The average molecular weight is 603 g/mol. The van der Waals surface area contributed by atoms with Crippen molar-refractivity contribution in [3.05, 3.63) is 109 Å². The minimum Gasteiger partial charge on any atom is -0.462 e. The number of ether oxygens (including phenoxy) is 2. The van der Waals surface area contributed by atoms with Crippen molar-refractivity contribution in [2.45, 2.75) is 44.7 Å². The number of benzene rings is 2. The second kappa shape index (κ2) is 12.4. The molecule has 0 N–H and O–H groups in total. The molecule has 0 spiro atoms. The van der Waals surface area contributed by atoms with E-state index in [-0.39, 0.29) is 17.6 Å². The number of carbonyl (C=O) groups excluding carboxylic acids is 2. The van der Waals surface area contributed by atoms with E-state index in [0.717, 1.165) is 16.0 Å². The molecule has 0 aliphatic carbocycles. The number of aromatic nitrogens is 1. The number of hydrogen-bond acceptors (Lipinski definition) is 9. The fraction of sp³-hybridized carbons (Fsp3) is 0.250. The maximum Gasteiger partial charge on any atom is 0.338 e. The Bertz CT molecular complexity index is 1840. The summed E-state index contributed by atoms with van der Waals surface area (Å²) < 4.78 is 18.6. The molecule has 5 rings (SSSR count). The molecular formula is C32H30N2O6S2. The number of allylic oxidation sites excluding steroid dienone is 1. The lowest BCUT2D eigenvalue weighted by Gasteiger charge is -2.25. The van der Waals surface area contributed by atoms with Gasteiger partial charge in [-0.15, -0.1) is 11.8 Å².